The molecule has 1 radical (unpaired) electrons. The predicted octanol–water partition coefficient (Wildman–Crippen LogP) is 0.950. The van der Waals surface area contributed by atoms with Crippen LogP contribution in [-0.4, -0.2) is 16.2 Å². The second kappa shape index (κ2) is 3.37. The molecule has 0 aliphatic carbocycles. The molecule has 55 valence electrons. The molecule has 1 atom stereocenters. The van der Waals surface area contributed by atoms with E-state index < -0.39 is 0 Å². The van der Waals surface area contributed by atoms with E-state index in [1.807, 2.05) is 17.7 Å². The third-order valence-corrected chi connectivity index (χ3v) is 1.37. The van der Waals surface area contributed by atoms with Crippen molar-refractivity contribution in [1.29, 1.82) is 0 Å². The Morgan fingerprint density at radius 3 is 3.00 bits per heavy atom. The van der Waals surface area contributed by atoms with Gasteiger partial charge in [0.15, 0.2) is 0 Å². The first kappa shape index (κ1) is 7.28. The van der Waals surface area contributed by atoms with E-state index in [2.05, 4.69) is 4.98 Å². The van der Waals surface area contributed by atoms with Gasteiger partial charge in [-0.05, 0) is 0 Å². The average Bonchev–Trinajstić information content (AvgIpc) is 2.40. The molecule has 0 saturated carbocycles. The summed E-state index contributed by atoms with van der Waals surface area (Å²) in [5.74, 6) is 0.203. The molecule has 10 heavy (non-hydrogen) atoms. The minimum absolute atomic E-state index is 0.0157. The second-order valence-corrected chi connectivity index (χ2v) is 2.53. The van der Waals surface area contributed by atoms with E-state index >= 15 is 0 Å². The van der Waals surface area contributed by atoms with E-state index in [1.54, 1.807) is 12.5 Å². The van der Waals surface area contributed by atoms with Gasteiger partial charge >= 0.3 is 0 Å². The van der Waals surface area contributed by atoms with Crippen LogP contribution in [0.25, 0.3) is 0 Å². The van der Waals surface area contributed by atoms with Crippen LogP contribution >= 0.6 is 0 Å². The second-order valence-electron chi connectivity index (χ2n) is 2.53. The minimum atomic E-state index is -0.0157. The topological polar surface area (TPSA) is 37.7 Å². The average molecular weight is 139 g/mol. The summed E-state index contributed by atoms with van der Waals surface area (Å²) >= 11 is 0. The molecular formula is C7H11N2O. The van der Waals surface area contributed by atoms with Crippen LogP contribution < -0.4 is 0 Å². The van der Waals surface area contributed by atoms with Crippen LogP contribution in [0.2, 0.25) is 0 Å². The fourth-order valence-corrected chi connectivity index (χ4v) is 0.807. The highest BCUT2D eigenvalue weighted by Gasteiger charge is 1.99. The van der Waals surface area contributed by atoms with Crippen molar-refractivity contribution in [2.24, 2.45) is 5.92 Å². The third-order valence-electron chi connectivity index (χ3n) is 1.37. The van der Waals surface area contributed by atoms with Gasteiger partial charge in [-0.25, -0.2) is 10.1 Å². The molecule has 3 nitrogen and oxygen atoms in total. The van der Waals surface area contributed by atoms with Gasteiger partial charge < -0.3 is 4.57 Å². The molecule has 1 aromatic rings. The Morgan fingerprint density at radius 2 is 2.50 bits per heavy atom. The summed E-state index contributed by atoms with van der Waals surface area (Å²) in [6.07, 6.45) is 5.32. The fraction of sp³-hybridized carbons (Fsp3) is 0.571. The lowest BCUT2D eigenvalue weighted by molar-refractivity contribution is 0.142. The zero-order valence-corrected chi connectivity index (χ0v) is 6.03. The van der Waals surface area contributed by atoms with Crippen molar-refractivity contribution in [2.45, 2.75) is 13.5 Å². The van der Waals surface area contributed by atoms with Crippen molar-refractivity contribution < 1.29 is 5.11 Å². The molecule has 0 saturated heterocycles. The van der Waals surface area contributed by atoms with Gasteiger partial charge in [-0.3, -0.25) is 0 Å². The Bertz CT molecular complexity index is 172. The molecule has 1 unspecified atom stereocenters. The van der Waals surface area contributed by atoms with Crippen LogP contribution in [0.5, 0.6) is 0 Å². The maximum Gasteiger partial charge on any atom is 0.0946 e. The van der Waals surface area contributed by atoms with E-state index in [-0.39, 0.29) is 12.5 Å². The molecule has 1 heterocycles. The molecule has 0 aromatic carbocycles. The zero-order valence-electron chi connectivity index (χ0n) is 6.03. The van der Waals surface area contributed by atoms with Crippen LogP contribution in [0, 0.1) is 5.92 Å². The minimum Gasteiger partial charge on any atom is -0.337 e. The first-order chi connectivity index (χ1) is 4.83. The summed E-state index contributed by atoms with van der Waals surface area (Å²) in [5, 5.41) is 10.3. The van der Waals surface area contributed by atoms with Crippen LogP contribution in [-0.2, 0) is 11.7 Å². The van der Waals surface area contributed by atoms with Crippen molar-refractivity contribution in [3.05, 3.63) is 18.7 Å². The summed E-state index contributed by atoms with van der Waals surface area (Å²) in [4.78, 5) is 3.87. The molecule has 0 N–H and O–H groups in total. The van der Waals surface area contributed by atoms with Crippen molar-refractivity contribution in [3.63, 3.8) is 0 Å². The SMILES string of the molecule is CC(C[O])Cn1ccnc1. The smallest absolute Gasteiger partial charge is 0.0946 e. The van der Waals surface area contributed by atoms with Crippen LogP contribution in [0.15, 0.2) is 18.7 Å². The largest absolute Gasteiger partial charge is 0.337 e. The number of rotatable bonds is 3. The molecule has 1 aromatic heterocycles. The highest BCUT2D eigenvalue weighted by Crippen LogP contribution is 1.97. The van der Waals surface area contributed by atoms with Gasteiger partial charge in [0.2, 0.25) is 0 Å². The van der Waals surface area contributed by atoms with Gasteiger partial charge in [-0.2, -0.15) is 0 Å². The first-order valence-electron chi connectivity index (χ1n) is 3.36. The lowest BCUT2D eigenvalue weighted by Crippen LogP contribution is -2.08. The summed E-state index contributed by atoms with van der Waals surface area (Å²) < 4.78 is 1.92. The van der Waals surface area contributed by atoms with E-state index in [4.69, 9.17) is 0 Å². The molecule has 3 heteroatoms. The van der Waals surface area contributed by atoms with Crippen molar-refractivity contribution in [2.75, 3.05) is 6.61 Å². The molecule has 0 bridgehead atoms. The van der Waals surface area contributed by atoms with Crippen LogP contribution in [0.3, 0.4) is 0 Å². The van der Waals surface area contributed by atoms with E-state index in [9.17, 15) is 5.11 Å². The molecule has 1 rings (SSSR count). The Morgan fingerprint density at radius 1 is 1.70 bits per heavy atom. The van der Waals surface area contributed by atoms with E-state index in [1.165, 1.54) is 0 Å². The Kier molecular flexibility index (Phi) is 2.45. The number of hydrogen-bond acceptors (Lipinski definition) is 1. The van der Waals surface area contributed by atoms with Gasteiger partial charge in [0, 0.05) is 24.9 Å². The maximum absolute atomic E-state index is 10.3. The third kappa shape index (κ3) is 1.84. The van der Waals surface area contributed by atoms with E-state index in [0.29, 0.717) is 0 Å². The molecular weight excluding hydrogens is 128 g/mol. The number of imidazole rings is 1. The van der Waals surface area contributed by atoms with Crippen molar-refractivity contribution in [1.82, 2.24) is 9.55 Å². The monoisotopic (exact) mass is 139 g/mol. The highest BCUT2D eigenvalue weighted by atomic mass is 16.3. The standard InChI is InChI=1S/C7H11N2O/c1-7(5-10)4-9-3-2-8-6-9/h2-3,6-7H,4-5H2,1H3. The summed E-state index contributed by atoms with van der Waals surface area (Å²) in [6.45, 7) is 2.70. The van der Waals surface area contributed by atoms with E-state index in [0.717, 1.165) is 6.54 Å². The van der Waals surface area contributed by atoms with Gasteiger partial charge in [-0.1, -0.05) is 6.92 Å². The molecule has 0 spiro atoms. The Hall–Kier alpha value is -0.830. The highest BCUT2D eigenvalue weighted by molar-refractivity contribution is 4.74. The van der Waals surface area contributed by atoms with Gasteiger partial charge in [0.25, 0.3) is 0 Å². The number of hydrogen-bond donors (Lipinski definition) is 0. The molecule has 0 aliphatic rings. The molecule has 0 amide bonds. The summed E-state index contributed by atoms with van der Waals surface area (Å²) in [6, 6.07) is 0. The Balaban J connectivity index is 2.40. The van der Waals surface area contributed by atoms with Crippen LogP contribution in [0.4, 0.5) is 0 Å². The normalized spacial score (nSPS) is 13.4. The first-order valence-corrected chi connectivity index (χ1v) is 3.36. The van der Waals surface area contributed by atoms with Gasteiger partial charge in [0.05, 0.1) is 12.9 Å². The summed E-state index contributed by atoms with van der Waals surface area (Å²) in [5.41, 5.74) is 0. The quantitative estimate of drug-likeness (QED) is 0.614. The summed E-state index contributed by atoms with van der Waals surface area (Å²) in [7, 11) is 0. The van der Waals surface area contributed by atoms with Crippen LogP contribution in [0.1, 0.15) is 6.92 Å². The predicted molar refractivity (Wildman–Crippen MR) is 36.9 cm³/mol. The Labute approximate surface area is 60.3 Å². The maximum atomic E-state index is 10.3. The van der Waals surface area contributed by atoms with Gasteiger partial charge in [-0.15, -0.1) is 0 Å². The number of nitrogens with zero attached hydrogens (tertiary/aromatic N) is 2. The fourth-order valence-electron chi connectivity index (χ4n) is 0.807. The van der Waals surface area contributed by atoms with Crippen molar-refractivity contribution in [3.8, 4) is 0 Å². The van der Waals surface area contributed by atoms with Crippen molar-refractivity contribution >= 4 is 0 Å². The molecule has 0 fully saturated rings. The molecule has 0 aliphatic heterocycles. The lowest BCUT2D eigenvalue weighted by Gasteiger charge is -2.05. The van der Waals surface area contributed by atoms with Gasteiger partial charge in [0.1, 0.15) is 0 Å². The lowest BCUT2D eigenvalue weighted by atomic mass is 10.2. The number of aromatic nitrogens is 2. The zero-order chi connectivity index (χ0) is 7.40.